The molecule has 1 aromatic heterocycles. The molecule has 0 aliphatic carbocycles. The molecule has 0 saturated carbocycles. The van der Waals surface area contributed by atoms with Crippen LogP contribution in [0.3, 0.4) is 0 Å². The van der Waals surface area contributed by atoms with Gasteiger partial charge in [0, 0.05) is 35.5 Å². The molecule has 2 aromatic carbocycles. The Balaban J connectivity index is 1.74. The van der Waals surface area contributed by atoms with Crippen molar-refractivity contribution in [2.75, 3.05) is 0 Å². The molecular formula is C26H26F2N2O. The standard InChI is InChI=1S/C26H26F2N2O/c1-3-7-24-29-16-22(17-30-24)19-10-12-20(13-11-19)23-15-14-21(25(27)26(23)28)9-6-4-5-8-18(2)31/h3,6,9-18,31H,1,4-5,7-8H2,2H3/b9-6+. The van der Waals surface area contributed by atoms with Crippen molar-refractivity contribution < 1.29 is 13.9 Å². The summed E-state index contributed by atoms with van der Waals surface area (Å²) in [7, 11) is 0. The van der Waals surface area contributed by atoms with E-state index in [1.807, 2.05) is 12.1 Å². The van der Waals surface area contributed by atoms with Crippen molar-refractivity contribution in [2.45, 2.75) is 38.7 Å². The second kappa shape index (κ2) is 10.7. The summed E-state index contributed by atoms with van der Waals surface area (Å²) in [4.78, 5) is 8.59. The molecule has 1 heterocycles. The largest absolute Gasteiger partial charge is 0.393 e. The minimum atomic E-state index is -0.865. The average molecular weight is 421 g/mol. The number of benzene rings is 2. The SMILES string of the molecule is C=CCc1ncc(-c2ccc(-c3ccc(/C=C/CCCC(C)O)c(F)c3F)cc2)cn1. The van der Waals surface area contributed by atoms with Crippen LogP contribution in [0.2, 0.25) is 0 Å². The molecule has 1 unspecified atom stereocenters. The van der Waals surface area contributed by atoms with E-state index in [1.165, 1.54) is 0 Å². The molecule has 0 saturated heterocycles. The predicted molar refractivity (Wildman–Crippen MR) is 121 cm³/mol. The number of aliphatic hydroxyl groups excluding tert-OH is 1. The molecule has 0 radical (unpaired) electrons. The van der Waals surface area contributed by atoms with E-state index in [-0.39, 0.29) is 17.2 Å². The highest BCUT2D eigenvalue weighted by Gasteiger charge is 2.13. The maximum absolute atomic E-state index is 14.7. The summed E-state index contributed by atoms with van der Waals surface area (Å²) in [6, 6.07) is 10.4. The molecule has 1 N–H and O–H groups in total. The smallest absolute Gasteiger partial charge is 0.167 e. The van der Waals surface area contributed by atoms with Gasteiger partial charge in [-0.3, -0.25) is 0 Å². The maximum Gasteiger partial charge on any atom is 0.167 e. The first-order valence-corrected chi connectivity index (χ1v) is 10.3. The third-order valence-electron chi connectivity index (χ3n) is 4.96. The van der Waals surface area contributed by atoms with Gasteiger partial charge in [0.25, 0.3) is 0 Å². The van der Waals surface area contributed by atoms with E-state index in [4.69, 9.17) is 0 Å². The minimum Gasteiger partial charge on any atom is -0.393 e. The Morgan fingerprint density at radius 3 is 2.29 bits per heavy atom. The number of halogens is 2. The molecule has 0 bridgehead atoms. The lowest BCUT2D eigenvalue weighted by Gasteiger charge is -2.08. The van der Waals surface area contributed by atoms with Gasteiger partial charge in [-0.25, -0.2) is 18.7 Å². The van der Waals surface area contributed by atoms with Crippen molar-refractivity contribution >= 4 is 6.08 Å². The zero-order chi connectivity index (χ0) is 22.2. The van der Waals surface area contributed by atoms with Crippen molar-refractivity contribution in [3.8, 4) is 22.3 Å². The van der Waals surface area contributed by atoms with Crippen LogP contribution in [0.25, 0.3) is 28.3 Å². The Bertz CT molecular complexity index is 1040. The first kappa shape index (κ1) is 22.5. The van der Waals surface area contributed by atoms with Crippen LogP contribution in [0.5, 0.6) is 0 Å². The van der Waals surface area contributed by atoms with Gasteiger partial charge >= 0.3 is 0 Å². The van der Waals surface area contributed by atoms with E-state index in [0.29, 0.717) is 30.7 Å². The molecule has 3 rings (SSSR count). The highest BCUT2D eigenvalue weighted by molar-refractivity contribution is 5.71. The van der Waals surface area contributed by atoms with Crippen LogP contribution in [0.4, 0.5) is 8.78 Å². The first-order valence-electron chi connectivity index (χ1n) is 10.3. The van der Waals surface area contributed by atoms with Crippen LogP contribution in [-0.2, 0) is 6.42 Å². The number of nitrogens with zero attached hydrogens (tertiary/aromatic N) is 2. The minimum absolute atomic E-state index is 0.215. The van der Waals surface area contributed by atoms with E-state index in [2.05, 4.69) is 16.5 Å². The summed E-state index contributed by atoms with van der Waals surface area (Å²) in [6.07, 6.45) is 11.1. The molecule has 0 fully saturated rings. The Morgan fingerprint density at radius 2 is 1.65 bits per heavy atom. The number of allylic oxidation sites excluding steroid dienone is 2. The second-order valence-corrected chi connectivity index (χ2v) is 7.47. The molecule has 160 valence electrons. The molecule has 3 aromatic rings. The van der Waals surface area contributed by atoms with Crippen LogP contribution in [0.15, 0.2) is 67.5 Å². The van der Waals surface area contributed by atoms with Crippen LogP contribution >= 0.6 is 0 Å². The van der Waals surface area contributed by atoms with Crippen molar-refractivity contribution in [1.29, 1.82) is 0 Å². The number of hydrogen-bond acceptors (Lipinski definition) is 3. The van der Waals surface area contributed by atoms with Crippen LogP contribution in [0, 0.1) is 11.6 Å². The highest BCUT2D eigenvalue weighted by atomic mass is 19.2. The number of hydrogen-bond donors (Lipinski definition) is 1. The number of unbranched alkanes of at least 4 members (excludes halogenated alkanes) is 1. The number of aliphatic hydroxyl groups is 1. The van der Waals surface area contributed by atoms with Crippen molar-refractivity contribution in [2.24, 2.45) is 0 Å². The quantitative estimate of drug-likeness (QED) is 0.323. The van der Waals surface area contributed by atoms with E-state index < -0.39 is 11.6 Å². The summed E-state index contributed by atoms with van der Waals surface area (Å²) in [6.45, 7) is 5.41. The number of aromatic nitrogens is 2. The lowest BCUT2D eigenvalue weighted by atomic mass is 9.99. The molecule has 0 amide bonds. The third-order valence-corrected chi connectivity index (χ3v) is 4.96. The van der Waals surface area contributed by atoms with Gasteiger partial charge < -0.3 is 5.11 Å². The van der Waals surface area contributed by atoms with E-state index in [1.54, 1.807) is 61.8 Å². The van der Waals surface area contributed by atoms with Crippen LogP contribution in [-0.4, -0.2) is 21.2 Å². The fraction of sp³-hybridized carbons (Fsp3) is 0.231. The summed E-state index contributed by atoms with van der Waals surface area (Å²) >= 11 is 0. The Morgan fingerprint density at radius 1 is 0.968 bits per heavy atom. The Hall–Kier alpha value is -3.18. The zero-order valence-corrected chi connectivity index (χ0v) is 17.6. The molecular weight excluding hydrogens is 394 g/mol. The highest BCUT2D eigenvalue weighted by Crippen LogP contribution is 2.29. The van der Waals surface area contributed by atoms with Gasteiger partial charge in [-0.1, -0.05) is 54.6 Å². The lowest BCUT2D eigenvalue weighted by Crippen LogP contribution is -1.97. The fourth-order valence-corrected chi connectivity index (χ4v) is 3.24. The summed E-state index contributed by atoms with van der Waals surface area (Å²) in [5, 5.41) is 9.26. The van der Waals surface area contributed by atoms with E-state index in [9.17, 15) is 13.9 Å². The second-order valence-electron chi connectivity index (χ2n) is 7.47. The predicted octanol–water partition coefficient (Wildman–Crippen LogP) is 6.38. The van der Waals surface area contributed by atoms with Gasteiger partial charge in [-0.15, -0.1) is 6.58 Å². The number of rotatable bonds is 9. The summed E-state index contributed by atoms with van der Waals surface area (Å²) < 4.78 is 29.2. The molecule has 1 atom stereocenters. The maximum atomic E-state index is 14.7. The average Bonchev–Trinajstić information content (AvgIpc) is 2.77. The molecule has 5 heteroatoms. The molecule has 31 heavy (non-hydrogen) atoms. The van der Waals surface area contributed by atoms with Gasteiger partial charge in [-0.05, 0) is 37.3 Å². The van der Waals surface area contributed by atoms with Crippen molar-refractivity contribution in [1.82, 2.24) is 9.97 Å². The first-order chi connectivity index (χ1) is 15.0. The van der Waals surface area contributed by atoms with Crippen molar-refractivity contribution in [3.05, 3.63) is 90.5 Å². The van der Waals surface area contributed by atoms with Crippen LogP contribution < -0.4 is 0 Å². The van der Waals surface area contributed by atoms with Gasteiger partial charge in [-0.2, -0.15) is 0 Å². The van der Waals surface area contributed by atoms with Crippen LogP contribution in [0.1, 0.15) is 37.6 Å². The van der Waals surface area contributed by atoms with E-state index >= 15 is 0 Å². The van der Waals surface area contributed by atoms with Crippen molar-refractivity contribution in [3.63, 3.8) is 0 Å². The Kier molecular flexibility index (Phi) is 7.79. The monoisotopic (exact) mass is 420 g/mol. The zero-order valence-electron chi connectivity index (χ0n) is 17.6. The van der Waals surface area contributed by atoms with Gasteiger partial charge in [0.15, 0.2) is 11.6 Å². The molecule has 3 nitrogen and oxygen atoms in total. The molecule has 0 spiro atoms. The summed E-state index contributed by atoms with van der Waals surface area (Å²) in [5.41, 5.74) is 2.77. The van der Waals surface area contributed by atoms with Gasteiger partial charge in [0.05, 0.1) is 6.10 Å². The lowest BCUT2D eigenvalue weighted by molar-refractivity contribution is 0.182. The molecule has 0 aliphatic heterocycles. The fourth-order valence-electron chi connectivity index (χ4n) is 3.24. The van der Waals surface area contributed by atoms with Gasteiger partial charge in [0.1, 0.15) is 5.82 Å². The topological polar surface area (TPSA) is 46.0 Å². The van der Waals surface area contributed by atoms with Gasteiger partial charge in [0.2, 0.25) is 0 Å². The molecule has 0 aliphatic rings. The summed E-state index contributed by atoms with van der Waals surface area (Å²) in [5.74, 6) is -1.03. The Labute approximate surface area is 181 Å². The van der Waals surface area contributed by atoms with E-state index in [0.717, 1.165) is 17.5 Å². The third kappa shape index (κ3) is 5.92. The normalized spacial score (nSPS) is 12.3.